The number of anilines is 1. The SMILES string of the molecule is CC1(C)Cc2nc3sc4c(NCCc5ccc6nc[nH]c6c5)ncnc4c3c(-c3ccccc3)c2CO1. The topological polar surface area (TPSA) is 88.6 Å². The second-order valence-corrected chi connectivity index (χ2v) is 11.1. The van der Waals surface area contributed by atoms with Crippen LogP contribution in [0.3, 0.4) is 0 Å². The minimum Gasteiger partial charge on any atom is -0.370 e. The van der Waals surface area contributed by atoms with Crippen LogP contribution < -0.4 is 5.32 Å². The van der Waals surface area contributed by atoms with Crippen LogP contribution in [0.25, 0.3) is 42.6 Å². The summed E-state index contributed by atoms with van der Waals surface area (Å²) in [7, 11) is 0. The van der Waals surface area contributed by atoms with Crippen molar-refractivity contribution < 1.29 is 4.74 Å². The number of nitrogens with one attached hydrogen (secondary N) is 2. The minimum absolute atomic E-state index is 0.232. The molecule has 37 heavy (non-hydrogen) atoms. The summed E-state index contributed by atoms with van der Waals surface area (Å²) < 4.78 is 7.28. The van der Waals surface area contributed by atoms with E-state index in [4.69, 9.17) is 14.7 Å². The predicted octanol–water partition coefficient (Wildman–Crippen LogP) is 6.29. The second kappa shape index (κ2) is 8.61. The van der Waals surface area contributed by atoms with Crippen molar-refractivity contribution in [3.8, 4) is 11.1 Å². The average Bonchev–Trinajstić information content (AvgIpc) is 3.52. The van der Waals surface area contributed by atoms with Crippen LogP contribution in [0, 0.1) is 0 Å². The van der Waals surface area contributed by atoms with Crippen LogP contribution in [-0.2, 0) is 24.2 Å². The summed E-state index contributed by atoms with van der Waals surface area (Å²) >= 11 is 1.67. The van der Waals surface area contributed by atoms with Crippen molar-refractivity contribution in [3.63, 3.8) is 0 Å². The highest BCUT2D eigenvalue weighted by molar-refractivity contribution is 7.26. The van der Waals surface area contributed by atoms with Gasteiger partial charge in [-0.05, 0) is 43.5 Å². The van der Waals surface area contributed by atoms with Crippen LogP contribution in [0.1, 0.15) is 30.7 Å². The standard InChI is InChI=1S/C29H26N6OS/c1-29(2)13-22-19(14-36-29)23(18-6-4-3-5-7-18)24-25-26(37-28(24)35-22)27(34-16-33-25)30-11-10-17-8-9-20-21(12-17)32-15-31-20/h3-9,12,15-16H,10-11,13-14H2,1-2H3,(H,31,32)(H,30,33,34). The van der Waals surface area contributed by atoms with Gasteiger partial charge in [-0.15, -0.1) is 11.3 Å². The molecule has 0 atom stereocenters. The monoisotopic (exact) mass is 506 g/mol. The fraction of sp³-hybridized carbons (Fsp3) is 0.241. The first-order valence-electron chi connectivity index (χ1n) is 12.5. The second-order valence-electron chi connectivity index (χ2n) is 10.1. The fourth-order valence-corrected chi connectivity index (χ4v) is 6.35. The fourth-order valence-electron chi connectivity index (χ4n) is 5.22. The summed E-state index contributed by atoms with van der Waals surface area (Å²) in [6.07, 6.45) is 5.04. The molecule has 7 nitrogen and oxygen atoms in total. The van der Waals surface area contributed by atoms with Gasteiger partial charge in [0, 0.05) is 29.5 Å². The highest BCUT2D eigenvalue weighted by Gasteiger charge is 2.31. The highest BCUT2D eigenvalue weighted by Crippen LogP contribution is 2.44. The number of hydrogen-bond acceptors (Lipinski definition) is 7. The van der Waals surface area contributed by atoms with Crippen molar-refractivity contribution in [3.05, 3.63) is 78.0 Å². The number of H-pyrrole nitrogens is 1. The largest absolute Gasteiger partial charge is 0.370 e. The molecular formula is C29H26N6OS. The van der Waals surface area contributed by atoms with Gasteiger partial charge in [-0.25, -0.2) is 19.9 Å². The molecule has 0 bridgehead atoms. The van der Waals surface area contributed by atoms with E-state index in [0.717, 1.165) is 67.9 Å². The van der Waals surface area contributed by atoms with E-state index in [9.17, 15) is 0 Å². The third-order valence-electron chi connectivity index (χ3n) is 7.04. The lowest BCUT2D eigenvalue weighted by atomic mass is 9.89. The van der Waals surface area contributed by atoms with Gasteiger partial charge in [0.25, 0.3) is 0 Å². The summed E-state index contributed by atoms with van der Waals surface area (Å²) in [5, 5.41) is 4.65. The molecule has 0 saturated carbocycles. The molecule has 1 aliphatic rings. The Morgan fingerprint density at radius 2 is 1.97 bits per heavy atom. The van der Waals surface area contributed by atoms with Crippen LogP contribution in [0.4, 0.5) is 5.82 Å². The van der Waals surface area contributed by atoms with Crippen LogP contribution >= 0.6 is 11.3 Å². The first-order valence-corrected chi connectivity index (χ1v) is 13.3. The van der Waals surface area contributed by atoms with Gasteiger partial charge in [-0.2, -0.15) is 0 Å². The molecular weight excluding hydrogens is 480 g/mol. The Morgan fingerprint density at radius 3 is 2.86 bits per heavy atom. The van der Waals surface area contributed by atoms with Crippen LogP contribution in [0.15, 0.2) is 61.2 Å². The molecule has 6 aromatic rings. The number of fused-ring (bicyclic) bond motifs is 5. The van der Waals surface area contributed by atoms with Gasteiger partial charge in [-0.1, -0.05) is 36.4 Å². The lowest BCUT2D eigenvalue weighted by molar-refractivity contribution is -0.0408. The molecule has 0 amide bonds. The van der Waals surface area contributed by atoms with Gasteiger partial charge in [0.15, 0.2) is 0 Å². The molecule has 184 valence electrons. The summed E-state index contributed by atoms with van der Waals surface area (Å²) in [6.45, 7) is 5.57. The maximum Gasteiger partial charge on any atom is 0.147 e. The molecule has 5 heterocycles. The predicted molar refractivity (Wildman–Crippen MR) is 149 cm³/mol. The summed E-state index contributed by atoms with van der Waals surface area (Å²) in [5.41, 5.74) is 8.62. The molecule has 2 aromatic carbocycles. The lowest BCUT2D eigenvalue weighted by Crippen LogP contribution is -2.32. The number of nitrogens with zero attached hydrogens (tertiary/aromatic N) is 4. The Kier molecular flexibility index (Phi) is 5.19. The first kappa shape index (κ1) is 22.3. The number of imidazole rings is 1. The average molecular weight is 507 g/mol. The van der Waals surface area contributed by atoms with E-state index in [1.165, 1.54) is 16.7 Å². The number of thiophene rings is 1. The third-order valence-corrected chi connectivity index (χ3v) is 8.12. The van der Waals surface area contributed by atoms with Crippen molar-refractivity contribution >= 4 is 48.6 Å². The first-order chi connectivity index (χ1) is 18.1. The number of hydrogen-bond donors (Lipinski definition) is 2. The molecule has 0 fully saturated rings. The maximum atomic E-state index is 6.24. The molecule has 8 heteroatoms. The van der Waals surface area contributed by atoms with Gasteiger partial charge >= 0.3 is 0 Å². The smallest absolute Gasteiger partial charge is 0.147 e. The number of ether oxygens (including phenoxy) is 1. The quantitative estimate of drug-likeness (QED) is 0.286. The minimum atomic E-state index is -0.232. The Balaban J connectivity index is 1.30. The number of aromatic amines is 1. The van der Waals surface area contributed by atoms with Crippen molar-refractivity contribution in [2.45, 2.75) is 38.9 Å². The molecule has 0 saturated heterocycles. The maximum absolute atomic E-state index is 6.24. The molecule has 0 aliphatic carbocycles. The third kappa shape index (κ3) is 3.93. The van der Waals surface area contributed by atoms with Gasteiger partial charge in [0.2, 0.25) is 0 Å². The van der Waals surface area contributed by atoms with Crippen LogP contribution in [0.2, 0.25) is 0 Å². The van der Waals surface area contributed by atoms with Crippen molar-refractivity contribution in [2.24, 2.45) is 0 Å². The van der Waals surface area contributed by atoms with Crippen molar-refractivity contribution in [1.82, 2.24) is 24.9 Å². The Bertz CT molecular complexity index is 1770. The van der Waals surface area contributed by atoms with E-state index < -0.39 is 0 Å². The number of pyridine rings is 1. The molecule has 0 spiro atoms. The van der Waals surface area contributed by atoms with Crippen LogP contribution in [0.5, 0.6) is 0 Å². The molecule has 0 radical (unpaired) electrons. The Morgan fingerprint density at radius 1 is 1.08 bits per heavy atom. The van der Waals surface area contributed by atoms with Gasteiger partial charge in [-0.3, -0.25) is 0 Å². The Labute approximate surface area is 218 Å². The molecule has 2 N–H and O–H groups in total. The van der Waals surface area contributed by atoms with E-state index in [0.29, 0.717) is 6.61 Å². The summed E-state index contributed by atoms with van der Waals surface area (Å²) in [4.78, 5) is 23.0. The van der Waals surface area contributed by atoms with Crippen molar-refractivity contribution in [2.75, 3.05) is 11.9 Å². The van der Waals surface area contributed by atoms with E-state index in [1.54, 1.807) is 24.0 Å². The molecule has 0 unspecified atom stereocenters. The zero-order chi connectivity index (χ0) is 25.0. The van der Waals surface area contributed by atoms with Gasteiger partial charge in [0.05, 0.1) is 45.5 Å². The molecule has 4 aromatic heterocycles. The van der Waals surface area contributed by atoms with E-state index in [1.807, 2.05) is 6.07 Å². The number of rotatable bonds is 5. The summed E-state index contributed by atoms with van der Waals surface area (Å²) in [6, 6.07) is 16.9. The normalized spacial score (nSPS) is 14.9. The zero-order valence-electron chi connectivity index (χ0n) is 20.7. The number of aromatic nitrogens is 5. The molecule has 7 rings (SSSR count). The zero-order valence-corrected chi connectivity index (χ0v) is 21.5. The van der Waals surface area contributed by atoms with Gasteiger partial charge in [0.1, 0.15) is 17.0 Å². The van der Waals surface area contributed by atoms with Crippen LogP contribution in [-0.4, -0.2) is 37.1 Å². The van der Waals surface area contributed by atoms with E-state index in [2.05, 4.69) is 76.6 Å². The van der Waals surface area contributed by atoms with Crippen molar-refractivity contribution in [1.29, 1.82) is 0 Å². The van der Waals surface area contributed by atoms with Gasteiger partial charge < -0.3 is 15.0 Å². The highest BCUT2D eigenvalue weighted by atomic mass is 32.1. The van der Waals surface area contributed by atoms with E-state index in [-0.39, 0.29) is 5.60 Å². The number of benzene rings is 2. The van der Waals surface area contributed by atoms with E-state index >= 15 is 0 Å². The lowest BCUT2D eigenvalue weighted by Gasteiger charge is -2.32. The molecule has 1 aliphatic heterocycles. The summed E-state index contributed by atoms with van der Waals surface area (Å²) in [5.74, 6) is 0.851. The Hall–Kier alpha value is -3.88.